The van der Waals surface area contributed by atoms with E-state index in [0.717, 1.165) is 39.6 Å². The molecule has 0 radical (unpaired) electrons. The molecule has 1 fully saturated rings. The van der Waals surface area contributed by atoms with Gasteiger partial charge in [-0.25, -0.2) is 0 Å². The van der Waals surface area contributed by atoms with Crippen LogP contribution in [0.5, 0.6) is 5.75 Å². The number of para-hydroxylation sites is 2. The molecule has 1 amide bonds. The fourth-order valence-corrected chi connectivity index (χ4v) is 5.83. The van der Waals surface area contributed by atoms with E-state index in [9.17, 15) is 4.79 Å². The summed E-state index contributed by atoms with van der Waals surface area (Å²) >= 11 is 16.6. The Morgan fingerprint density at radius 3 is 2.63 bits per heavy atom. The molecule has 176 valence electrons. The number of benzene rings is 3. The van der Waals surface area contributed by atoms with Crippen molar-refractivity contribution in [2.24, 2.45) is 0 Å². The Kier molecular flexibility index (Phi) is 7.29. The molecule has 0 atom stereocenters. The fourth-order valence-electron chi connectivity index (χ4n) is 3.98. The van der Waals surface area contributed by atoms with E-state index >= 15 is 0 Å². The van der Waals surface area contributed by atoms with Gasteiger partial charge in [-0.05, 0) is 55.0 Å². The number of carbonyl (C=O) groups excluding carboxylic acids is 1. The van der Waals surface area contributed by atoms with Crippen LogP contribution in [0.1, 0.15) is 12.0 Å². The van der Waals surface area contributed by atoms with E-state index in [4.69, 9.17) is 28.6 Å². The van der Waals surface area contributed by atoms with E-state index < -0.39 is 0 Å². The van der Waals surface area contributed by atoms with Crippen molar-refractivity contribution >= 4 is 84.4 Å². The van der Waals surface area contributed by atoms with Crippen molar-refractivity contribution in [1.82, 2.24) is 4.57 Å². The SMILES string of the molecule is O=C1/C(=C/c2cn(CCCOc3ccccc3Cl)c3ccc(Br)cc23)SC(=S)N1c1ccccc1. The molecule has 0 bridgehead atoms. The lowest BCUT2D eigenvalue weighted by atomic mass is 10.1. The topological polar surface area (TPSA) is 34.5 Å². The zero-order valence-corrected chi connectivity index (χ0v) is 22.5. The highest BCUT2D eigenvalue weighted by molar-refractivity contribution is 9.10. The maximum atomic E-state index is 13.2. The number of rotatable bonds is 7. The van der Waals surface area contributed by atoms with E-state index in [1.54, 1.807) is 4.90 Å². The van der Waals surface area contributed by atoms with Crippen LogP contribution in [0.3, 0.4) is 0 Å². The summed E-state index contributed by atoms with van der Waals surface area (Å²) in [7, 11) is 0. The van der Waals surface area contributed by atoms with Crippen LogP contribution in [0.4, 0.5) is 5.69 Å². The Balaban J connectivity index is 1.38. The van der Waals surface area contributed by atoms with Crippen LogP contribution < -0.4 is 9.64 Å². The molecule has 8 heteroatoms. The molecule has 2 heterocycles. The number of carbonyl (C=O) groups is 1. The van der Waals surface area contributed by atoms with Crippen molar-refractivity contribution in [3.05, 3.63) is 99.0 Å². The first-order valence-corrected chi connectivity index (χ1v) is 13.4. The van der Waals surface area contributed by atoms with Crippen LogP contribution in [-0.2, 0) is 11.3 Å². The molecule has 3 aromatic carbocycles. The molecule has 0 N–H and O–H groups in total. The van der Waals surface area contributed by atoms with Crippen LogP contribution in [0, 0.1) is 0 Å². The molecular formula is C27H20BrClN2O2S2. The minimum Gasteiger partial charge on any atom is -0.492 e. The molecular weight excluding hydrogens is 564 g/mol. The molecule has 1 saturated heterocycles. The van der Waals surface area contributed by atoms with Gasteiger partial charge in [0.15, 0.2) is 4.32 Å². The van der Waals surface area contributed by atoms with Crippen molar-refractivity contribution in [2.45, 2.75) is 13.0 Å². The third-order valence-electron chi connectivity index (χ3n) is 5.61. The molecule has 1 aromatic heterocycles. The molecule has 35 heavy (non-hydrogen) atoms. The number of aryl methyl sites for hydroxylation is 1. The molecule has 0 spiro atoms. The van der Waals surface area contributed by atoms with Gasteiger partial charge in [0.1, 0.15) is 5.75 Å². The van der Waals surface area contributed by atoms with Gasteiger partial charge in [0.25, 0.3) is 5.91 Å². The maximum Gasteiger partial charge on any atom is 0.270 e. The number of anilines is 1. The van der Waals surface area contributed by atoms with Gasteiger partial charge >= 0.3 is 0 Å². The van der Waals surface area contributed by atoms with Crippen LogP contribution >= 0.6 is 51.5 Å². The monoisotopic (exact) mass is 582 g/mol. The van der Waals surface area contributed by atoms with Crippen molar-refractivity contribution in [1.29, 1.82) is 0 Å². The Morgan fingerprint density at radius 1 is 1.06 bits per heavy atom. The minimum atomic E-state index is -0.102. The molecule has 0 aliphatic carbocycles. The van der Waals surface area contributed by atoms with Gasteiger partial charge in [-0.3, -0.25) is 9.69 Å². The number of thioether (sulfide) groups is 1. The van der Waals surface area contributed by atoms with Gasteiger partial charge in [-0.2, -0.15) is 0 Å². The molecule has 4 nitrogen and oxygen atoms in total. The lowest BCUT2D eigenvalue weighted by molar-refractivity contribution is -0.113. The lowest BCUT2D eigenvalue weighted by Crippen LogP contribution is -2.27. The molecule has 1 aliphatic rings. The first-order chi connectivity index (χ1) is 17.0. The zero-order valence-electron chi connectivity index (χ0n) is 18.5. The molecule has 4 aromatic rings. The Bertz CT molecular complexity index is 1450. The second kappa shape index (κ2) is 10.6. The number of halogens is 2. The summed E-state index contributed by atoms with van der Waals surface area (Å²) in [6.45, 7) is 1.31. The Morgan fingerprint density at radius 2 is 1.83 bits per heavy atom. The smallest absolute Gasteiger partial charge is 0.270 e. The highest BCUT2D eigenvalue weighted by Crippen LogP contribution is 2.37. The molecule has 1 aliphatic heterocycles. The second-order valence-electron chi connectivity index (χ2n) is 7.92. The van der Waals surface area contributed by atoms with Crippen molar-refractivity contribution in [3.63, 3.8) is 0 Å². The molecule has 5 rings (SSSR count). The minimum absolute atomic E-state index is 0.102. The van der Waals surface area contributed by atoms with E-state index in [2.05, 4.69) is 38.8 Å². The predicted octanol–water partition coefficient (Wildman–Crippen LogP) is 7.93. The van der Waals surface area contributed by atoms with Crippen LogP contribution in [0.2, 0.25) is 5.02 Å². The summed E-state index contributed by atoms with van der Waals surface area (Å²) in [4.78, 5) is 15.4. The van der Waals surface area contributed by atoms with Crippen molar-refractivity contribution in [2.75, 3.05) is 11.5 Å². The van der Waals surface area contributed by atoms with Gasteiger partial charge < -0.3 is 9.30 Å². The average Bonchev–Trinajstić information content (AvgIpc) is 3.33. The van der Waals surface area contributed by atoms with E-state index in [0.29, 0.717) is 26.6 Å². The van der Waals surface area contributed by atoms with E-state index in [-0.39, 0.29) is 5.91 Å². The zero-order chi connectivity index (χ0) is 24.4. The standard InChI is InChI=1S/C27H20BrClN2O2S2/c28-19-11-12-23-21(16-19)18(17-30(23)13-6-14-33-24-10-5-4-9-22(24)29)15-25-26(32)31(27(34)35-25)20-7-2-1-3-8-20/h1-5,7-12,15-17H,6,13-14H2/b25-15-. The highest BCUT2D eigenvalue weighted by atomic mass is 79.9. The number of ether oxygens (including phenoxy) is 1. The van der Waals surface area contributed by atoms with Crippen molar-refractivity contribution < 1.29 is 9.53 Å². The predicted molar refractivity (Wildman–Crippen MR) is 153 cm³/mol. The number of nitrogens with zero attached hydrogens (tertiary/aromatic N) is 2. The second-order valence-corrected chi connectivity index (χ2v) is 10.9. The number of hydrogen-bond acceptors (Lipinski definition) is 4. The Labute approximate surface area is 226 Å². The van der Waals surface area contributed by atoms with Crippen LogP contribution in [0.25, 0.3) is 17.0 Å². The van der Waals surface area contributed by atoms with Crippen LogP contribution in [0.15, 0.2) is 88.4 Å². The van der Waals surface area contributed by atoms with E-state index in [1.807, 2.05) is 66.7 Å². The van der Waals surface area contributed by atoms with Gasteiger partial charge in [0.05, 0.1) is 22.2 Å². The summed E-state index contributed by atoms with van der Waals surface area (Å²) in [5.41, 5.74) is 2.85. The first-order valence-electron chi connectivity index (χ1n) is 11.0. The lowest BCUT2D eigenvalue weighted by Gasteiger charge is -2.13. The molecule has 0 unspecified atom stereocenters. The molecule has 0 saturated carbocycles. The summed E-state index contributed by atoms with van der Waals surface area (Å²) in [6, 6.07) is 23.2. The Hall–Kier alpha value is -2.58. The van der Waals surface area contributed by atoms with Crippen molar-refractivity contribution in [3.8, 4) is 5.75 Å². The first kappa shape index (κ1) is 24.1. The van der Waals surface area contributed by atoms with Gasteiger partial charge in [0, 0.05) is 33.7 Å². The van der Waals surface area contributed by atoms with Gasteiger partial charge in [0.2, 0.25) is 0 Å². The summed E-state index contributed by atoms with van der Waals surface area (Å²) in [5.74, 6) is 0.590. The number of fused-ring (bicyclic) bond motifs is 1. The number of amides is 1. The normalized spacial score (nSPS) is 14.9. The fraction of sp³-hybridized carbons (Fsp3) is 0.111. The largest absolute Gasteiger partial charge is 0.492 e. The quantitative estimate of drug-likeness (QED) is 0.126. The van der Waals surface area contributed by atoms with E-state index in [1.165, 1.54) is 11.8 Å². The van der Waals surface area contributed by atoms with Gasteiger partial charge in [-0.15, -0.1) is 0 Å². The summed E-state index contributed by atoms with van der Waals surface area (Å²) < 4.78 is 9.57. The maximum absolute atomic E-state index is 13.2. The summed E-state index contributed by atoms with van der Waals surface area (Å²) in [6.07, 6.45) is 4.83. The summed E-state index contributed by atoms with van der Waals surface area (Å²) in [5, 5.41) is 1.68. The number of hydrogen-bond donors (Lipinski definition) is 0. The highest BCUT2D eigenvalue weighted by Gasteiger charge is 2.33. The third-order valence-corrected chi connectivity index (χ3v) is 7.71. The number of thiocarbonyl (C=S) groups is 1. The van der Waals surface area contributed by atoms with Crippen LogP contribution in [-0.4, -0.2) is 21.4 Å². The third kappa shape index (κ3) is 5.19. The van der Waals surface area contributed by atoms with Gasteiger partial charge in [-0.1, -0.05) is 81.8 Å². The number of aromatic nitrogens is 1. The average molecular weight is 584 g/mol.